The highest BCUT2D eigenvalue weighted by Crippen LogP contribution is 2.26. The molecule has 1 aliphatic rings. The summed E-state index contributed by atoms with van der Waals surface area (Å²) in [5, 5.41) is 2.68. The molecule has 0 spiro atoms. The van der Waals surface area contributed by atoms with Crippen molar-refractivity contribution in [2.24, 2.45) is 0 Å². The van der Waals surface area contributed by atoms with Crippen LogP contribution < -0.4 is 5.32 Å². The molecule has 1 N–H and O–H groups in total. The lowest BCUT2D eigenvalue weighted by atomic mass is 10.0. The first-order valence-electron chi connectivity index (χ1n) is 8.69. The van der Waals surface area contributed by atoms with Crippen LogP contribution in [-0.2, 0) is 20.6 Å². The van der Waals surface area contributed by atoms with Gasteiger partial charge in [0.15, 0.2) is 0 Å². The summed E-state index contributed by atoms with van der Waals surface area (Å²) in [6.07, 6.45) is -0.0427. The van der Waals surface area contributed by atoms with Crippen LogP contribution in [0.25, 0.3) is 0 Å². The molecular weight excluding hydrogens is 344 g/mol. The van der Waals surface area contributed by atoms with Crippen LogP contribution in [-0.4, -0.2) is 36.2 Å². The van der Waals surface area contributed by atoms with E-state index >= 15 is 0 Å². The van der Waals surface area contributed by atoms with Gasteiger partial charge in [-0.15, -0.1) is 0 Å². The minimum Gasteiger partial charge on any atom is -0.444 e. The van der Waals surface area contributed by atoms with Gasteiger partial charge >= 0.3 is 6.09 Å². The number of benzene rings is 1. The summed E-state index contributed by atoms with van der Waals surface area (Å²) in [6.45, 7) is 9.32. The van der Waals surface area contributed by atoms with E-state index in [0.717, 1.165) is 6.07 Å². The Kier molecular flexibility index (Phi) is 6.24. The standard InChI is InChI=1S/C19H27F2NO4/c1-18(2,3)26-17(23)22-19(4,5)25-15(16-11-24-16)7-6-12-8-13(20)10-14(21)9-12/h8-10,15-16H,6-7,11H2,1-5H3,(H,22,23)/t15-,16+/m0/s1. The Bertz CT molecular complexity index is 619. The lowest BCUT2D eigenvalue weighted by Crippen LogP contribution is -2.50. The van der Waals surface area contributed by atoms with Gasteiger partial charge in [-0.3, -0.25) is 5.32 Å². The Balaban J connectivity index is 1.93. The van der Waals surface area contributed by atoms with E-state index in [-0.39, 0.29) is 12.2 Å². The fourth-order valence-corrected chi connectivity index (χ4v) is 2.61. The molecule has 0 aliphatic carbocycles. The van der Waals surface area contributed by atoms with Crippen molar-refractivity contribution < 1.29 is 27.8 Å². The molecular formula is C19H27F2NO4. The number of hydrogen-bond acceptors (Lipinski definition) is 4. The maximum Gasteiger partial charge on any atom is 0.409 e. The summed E-state index contributed by atoms with van der Waals surface area (Å²) < 4.78 is 43.2. The lowest BCUT2D eigenvalue weighted by molar-refractivity contribution is -0.102. The third-order valence-electron chi connectivity index (χ3n) is 3.66. The van der Waals surface area contributed by atoms with Crippen molar-refractivity contribution in [3.8, 4) is 0 Å². The minimum absolute atomic E-state index is 0.0897. The molecule has 1 aromatic carbocycles. The molecule has 1 heterocycles. The van der Waals surface area contributed by atoms with Crippen molar-refractivity contribution in [2.75, 3.05) is 6.61 Å². The molecule has 0 radical (unpaired) electrons. The zero-order valence-corrected chi connectivity index (χ0v) is 15.9. The number of epoxide rings is 1. The third-order valence-corrected chi connectivity index (χ3v) is 3.66. The van der Waals surface area contributed by atoms with Crippen molar-refractivity contribution >= 4 is 6.09 Å². The number of ether oxygens (including phenoxy) is 3. The summed E-state index contributed by atoms with van der Waals surface area (Å²) in [5.74, 6) is -1.21. The molecule has 2 rings (SSSR count). The van der Waals surface area contributed by atoms with Crippen molar-refractivity contribution in [3.05, 3.63) is 35.4 Å². The van der Waals surface area contributed by atoms with Crippen molar-refractivity contribution in [2.45, 2.75) is 71.0 Å². The van der Waals surface area contributed by atoms with E-state index < -0.39 is 29.1 Å². The molecule has 7 heteroatoms. The molecule has 146 valence electrons. The van der Waals surface area contributed by atoms with Crippen LogP contribution in [0.5, 0.6) is 0 Å². The second-order valence-electron chi connectivity index (χ2n) is 7.98. The molecule has 0 saturated carbocycles. The topological polar surface area (TPSA) is 60.1 Å². The van der Waals surface area contributed by atoms with E-state index in [0.29, 0.717) is 25.0 Å². The average molecular weight is 371 g/mol. The second kappa shape index (κ2) is 7.88. The number of nitrogens with one attached hydrogen (secondary N) is 1. The molecule has 0 bridgehead atoms. The fraction of sp³-hybridized carbons (Fsp3) is 0.632. The summed E-state index contributed by atoms with van der Waals surface area (Å²) in [7, 11) is 0. The Labute approximate surface area is 153 Å². The van der Waals surface area contributed by atoms with Crippen LogP contribution in [0.4, 0.5) is 13.6 Å². The smallest absolute Gasteiger partial charge is 0.409 e. The first-order chi connectivity index (χ1) is 11.9. The number of carbonyl (C=O) groups is 1. The number of hydrogen-bond donors (Lipinski definition) is 1. The molecule has 1 aromatic rings. The molecule has 2 atom stereocenters. The molecule has 1 aliphatic heterocycles. The monoisotopic (exact) mass is 371 g/mol. The van der Waals surface area contributed by atoms with Gasteiger partial charge < -0.3 is 14.2 Å². The largest absolute Gasteiger partial charge is 0.444 e. The van der Waals surface area contributed by atoms with Crippen LogP contribution in [0.3, 0.4) is 0 Å². The Morgan fingerprint density at radius 1 is 1.23 bits per heavy atom. The van der Waals surface area contributed by atoms with E-state index in [9.17, 15) is 13.6 Å². The van der Waals surface area contributed by atoms with Crippen LogP contribution in [0, 0.1) is 11.6 Å². The normalized spacial score (nSPS) is 18.3. The number of aryl methyl sites for hydroxylation is 1. The zero-order chi connectivity index (χ0) is 19.5. The van der Waals surface area contributed by atoms with Crippen molar-refractivity contribution in [1.82, 2.24) is 5.32 Å². The summed E-state index contributed by atoms with van der Waals surface area (Å²) >= 11 is 0. The fourth-order valence-electron chi connectivity index (χ4n) is 2.61. The highest BCUT2D eigenvalue weighted by Gasteiger charge is 2.38. The molecule has 1 saturated heterocycles. The van der Waals surface area contributed by atoms with Crippen LogP contribution in [0.1, 0.15) is 46.6 Å². The first-order valence-corrected chi connectivity index (χ1v) is 8.69. The van der Waals surface area contributed by atoms with Crippen LogP contribution in [0.15, 0.2) is 18.2 Å². The van der Waals surface area contributed by atoms with Gasteiger partial charge in [0.05, 0.1) is 12.7 Å². The second-order valence-corrected chi connectivity index (χ2v) is 7.98. The predicted octanol–water partition coefficient (Wildman–Crippen LogP) is 3.94. The number of alkyl carbamates (subject to hydrolysis) is 1. The Hall–Kier alpha value is -1.73. The van der Waals surface area contributed by atoms with Gasteiger partial charge in [0.1, 0.15) is 29.1 Å². The number of amides is 1. The Morgan fingerprint density at radius 2 is 1.81 bits per heavy atom. The van der Waals surface area contributed by atoms with Gasteiger partial charge in [0.2, 0.25) is 0 Å². The van der Waals surface area contributed by atoms with E-state index in [2.05, 4.69) is 5.32 Å². The maximum atomic E-state index is 13.3. The van der Waals surface area contributed by atoms with E-state index in [1.54, 1.807) is 34.6 Å². The van der Waals surface area contributed by atoms with E-state index in [1.807, 2.05) is 0 Å². The number of carbonyl (C=O) groups excluding carboxylic acids is 1. The van der Waals surface area contributed by atoms with Gasteiger partial charge in [-0.1, -0.05) is 0 Å². The van der Waals surface area contributed by atoms with Crippen LogP contribution >= 0.6 is 0 Å². The van der Waals surface area contributed by atoms with Gasteiger partial charge in [-0.25, -0.2) is 13.6 Å². The van der Waals surface area contributed by atoms with Crippen LogP contribution in [0.2, 0.25) is 0 Å². The molecule has 0 aromatic heterocycles. The third kappa shape index (κ3) is 7.25. The number of halogens is 2. The lowest BCUT2D eigenvalue weighted by Gasteiger charge is -2.32. The summed E-state index contributed by atoms with van der Waals surface area (Å²) in [5.41, 5.74) is -1.04. The van der Waals surface area contributed by atoms with Gasteiger partial charge in [-0.2, -0.15) is 0 Å². The highest BCUT2D eigenvalue weighted by atomic mass is 19.1. The number of rotatable bonds is 7. The quantitative estimate of drug-likeness (QED) is 0.583. The zero-order valence-electron chi connectivity index (χ0n) is 15.9. The molecule has 5 nitrogen and oxygen atoms in total. The SMILES string of the molecule is CC(C)(C)OC(=O)NC(C)(C)O[C@@H](CCc1cc(F)cc(F)c1)[C@H]1CO1. The van der Waals surface area contributed by atoms with E-state index in [4.69, 9.17) is 14.2 Å². The molecule has 1 fully saturated rings. The average Bonchev–Trinajstić information content (AvgIpc) is 3.23. The minimum atomic E-state index is -0.980. The first kappa shape index (κ1) is 20.6. The molecule has 1 amide bonds. The van der Waals surface area contributed by atoms with Crippen molar-refractivity contribution in [3.63, 3.8) is 0 Å². The summed E-state index contributed by atoms with van der Waals surface area (Å²) in [4.78, 5) is 12.0. The maximum absolute atomic E-state index is 13.3. The molecule has 26 heavy (non-hydrogen) atoms. The van der Waals surface area contributed by atoms with Gasteiger partial charge in [-0.05, 0) is 65.2 Å². The highest BCUT2D eigenvalue weighted by molar-refractivity contribution is 5.68. The van der Waals surface area contributed by atoms with Gasteiger partial charge in [0, 0.05) is 6.07 Å². The summed E-state index contributed by atoms with van der Waals surface area (Å²) in [6, 6.07) is 3.45. The van der Waals surface area contributed by atoms with Gasteiger partial charge in [0.25, 0.3) is 0 Å². The van der Waals surface area contributed by atoms with E-state index in [1.165, 1.54) is 12.1 Å². The predicted molar refractivity (Wildman–Crippen MR) is 92.7 cm³/mol. The molecule has 0 unspecified atom stereocenters. The Morgan fingerprint density at radius 3 is 2.31 bits per heavy atom. The van der Waals surface area contributed by atoms with Crippen molar-refractivity contribution in [1.29, 1.82) is 0 Å².